The molecule has 2 aliphatic heterocycles. The fourth-order valence-corrected chi connectivity index (χ4v) is 3.52. The van der Waals surface area contributed by atoms with E-state index < -0.39 is 73.8 Å². The van der Waals surface area contributed by atoms with Crippen molar-refractivity contribution >= 4 is 0 Å². The lowest BCUT2D eigenvalue weighted by Gasteiger charge is -2.23. The molecule has 0 aliphatic carbocycles. The Labute approximate surface area is 161 Å². The van der Waals surface area contributed by atoms with Crippen molar-refractivity contribution in [1.82, 2.24) is 5.32 Å². The molecule has 0 spiro atoms. The third-order valence-corrected chi connectivity index (χ3v) is 5.13. The molecule has 12 nitrogen and oxygen atoms in total. The predicted octanol–water partition coefficient (Wildman–Crippen LogP) is -5.38. The molecule has 11 atom stereocenters. The van der Waals surface area contributed by atoms with Gasteiger partial charge in [-0.3, -0.25) is 0 Å². The Morgan fingerprint density at radius 3 is 2.18 bits per heavy atom. The van der Waals surface area contributed by atoms with Crippen LogP contribution in [-0.4, -0.2) is 135 Å². The Morgan fingerprint density at radius 2 is 1.61 bits per heavy atom. The van der Waals surface area contributed by atoms with Crippen molar-refractivity contribution < 1.29 is 55.1 Å². The van der Waals surface area contributed by atoms with E-state index in [0.29, 0.717) is 0 Å². The van der Waals surface area contributed by atoms with Gasteiger partial charge in [0.1, 0.15) is 24.4 Å². The highest BCUT2D eigenvalue weighted by Crippen LogP contribution is 2.24. The zero-order valence-electron chi connectivity index (χ0n) is 15.5. The van der Waals surface area contributed by atoms with Gasteiger partial charge in [0.05, 0.1) is 50.3 Å². The lowest BCUT2D eigenvalue weighted by atomic mass is 10.0. The highest BCUT2D eigenvalue weighted by Gasteiger charge is 2.46. The number of aliphatic hydroxyl groups is 8. The van der Waals surface area contributed by atoms with E-state index in [4.69, 9.17) is 19.3 Å². The van der Waals surface area contributed by atoms with Gasteiger partial charge in [-0.2, -0.15) is 0 Å². The Morgan fingerprint density at radius 1 is 0.929 bits per heavy atom. The van der Waals surface area contributed by atoms with E-state index in [1.807, 2.05) is 0 Å². The lowest BCUT2D eigenvalue weighted by molar-refractivity contribution is -0.170. The Bertz CT molecular complexity index is 472. The number of aliphatic hydroxyl groups excluding tert-OH is 8. The fraction of sp³-hybridized carbons (Fsp3) is 1.00. The average molecular weight is 413 g/mol. The summed E-state index contributed by atoms with van der Waals surface area (Å²) >= 11 is 0. The molecular weight excluding hydrogens is 382 g/mol. The highest BCUT2D eigenvalue weighted by atomic mass is 16.7. The normalized spacial score (nSPS) is 41.9. The van der Waals surface area contributed by atoms with Crippen molar-refractivity contribution in [2.75, 3.05) is 26.9 Å². The van der Waals surface area contributed by atoms with E-state index in [1.54, 1.807) is 0 Å². The van der Waals surface area contributed by atoms with Gasteiger partial charge in [0.25, 0.3) is 0 Å². The maximum atomic E-state index is 10.1. The molecule has 2 saturated heterocycles. The second kappa shape index (κ2) is 10.5. The molecule has 2 aliphatic rings. The van der Waals surface area contributed by atoms with Gasteiger partial charge < -0.3 is 60.4 Å². The summed E-state index contributed by atoms with van der Waals surface area (Å²) in [5, 5.41) is 80.9. The summed E-state index contributed by atoms with van der Waals surface area (Å²) in [6.45, 7) is -1.10. The molecule has 28 heavy (non-hydrogen) atoms. The zero-order chi connectivity index (χ0) is 21.0. The third-order valence-electron chi connectivity index (χ3n) is 5.13. The molecule has 0 saturated carbocycles. The van der Waals surface area contributed by atoms with E-state index in [9.17, 15) is 35.7 Å². The first-order valence-electron chi connectivity index (χ1n) is 9.10. The summed E-state index contributed by atoms with van der Waals surface area (Å²) in [5.41, 5.74) is 0. The van der Waals surface area contributed by atoms with Gasteiger partial charge in [0.15, 0.2) is 6.29 Å². The molecule has 0 amide bonds. The topological polar surface area (TPSA) is 202 Å². The predicted molar refractivity (Wildman–Crippen MR) is 91.0 cm³/mol. The summed E-state index contributed by atoms with van der Waals surface area (Å²) in [4.78, 5) is 0. The van der Waals surface area contributed by atoms with Gasteiger partial charge >= 0.3 is 0 Å². The molecule has 2 fully saturated rings. The van der Waals surface area contributed by atoms with Crippen LogP contribution in [0.15, 0.2) is 0 Å². The van der Waals surface area contributed by atoms with Crippen LogP contribution in [-0.2, 0) is 14.2 Å². The molecule has 0 radical (unpaired) electrons. The van der Waals surface area contributed by atoms with E-state index in [2.05, 4.69) is 5.32 Å². The van der Waals surface area contributed by atoms with Gasteiger partial charge in [-0.15, -0.1) is 0 Å². The summed E-state index contributed by atoms with van der Waals surface area (Å²) in [6.07, 6.45) is -11.0. The van der Waals surface area contributed by atoms with Gasteiger partial charge in [-0.1, -0.05) is 0 Å². The molecule has 0 aromatic carbocycles. The number of nitrogens with one attached hydrogen (secondary N) is 1. The maximum absolute atomic E-state index is 10.1. The van der Waals surface area contributed by atoms with Crippen molar-refractivity contribution in [3.05, 3.63) is 0 Å². The van der Waals surface area contributed by atoms with Gasteiger partial charge in [0.2, 0.25) is 0 Å². The minimum absolute atomic E-state index is 0.0179. The zero-order valence-corrected chi connectivity index (χ0v) is 15.5. The third kappa shape index (κ3) is 5.36. The van der Waals surface area contributed by atoms with Crippen molar-refractivity contribution in [1.29, 1.82) is 0 Å². The standard InChI is InChI=1S/C16H31NO11/c1-26-16-14(25)13(24)15(28-16)9(21)5-27-4-6(19)2-7-11(22)12(23)10(17-7)8(20)3-18/h6-25H,2-5H2,1H3/t6-,7-,8+,9+,10-,11-,12-,13+,14+,15-,16-/m0/s1. The van der Waals surface area contributed by atoms with Crippen LogP contribution in [0.4, 0.5) is 0 Å². The number of hydrogen-bond donors (Lipinski definition) is 9. The Hall–Kier alpha value is -0.480. The molecule has 2 rings (SSSR count). The minimum Gasteiger partial charge on any atom is -0.394 e. The average Bonchev–Trinajstić information content (AvgIpc) is 3.12. The number of methoxy groups -OCH3 is 1. The second-order valence-electron chi connectivity index (χ2n) is 7.21. The monoisotopic (exact) mass is 413 g/mol. The van der Waals surface area contributed by atoms with Crippen LogP contribution < -0.4 is 5.32 Å². The first-order valence-corrected chi connectivity index (χ1v) is 9.10. The minimum atomic E-state index is -1.36. The van der Waals surface area contributed by atoms with Crippen molar-refractivity contribution in [2.24, 2.45) is 0 Å². The SMILES string of the molecule is CO[C@H]1O[C@@H]([C@H](O)COC[C@@H](O)C[C@@H]2N[C@@H]([C@H](O)CO)[C@H](O)[C@H]2O)[C@H](O)[C@H]1O. The molecule has 0 unspecified atom stereocenters. The molecule has 9 N–H and O–H groups in total. The van der Waals surface area contributed by atoms with Crippen LogP contribution in [0.1, 0.15) is 6.42 Å². The van der Waals surface area contributed by atoms with Crippen LogP contribution in [0.5, 0.6) is 0 Å². The Balaban J connectivity index is 1.73. The first kappa shape index (κ1) is 23.8. The van der Waals surface area contributed by atoms with Crippen LogP contribution in [0.2, 0.25) is 0 Å². The van der Waals surface area contributed by atoms with Crippen molar-refractivity contribution in [2.45, 2.75) is 73.6 Å². The maximum Gasteiger partial charge on any atom is 0.186 e. The summed E-state index contributed by atoms with van der Waals surface area (Å²) in [7, 11) is 1.29. The van der Waals surface area contributed by atoms with Crippen LogP contribution in [0.3, 0.4) is 0 Å². The summed E-state index contributed by atoms with van der Waals surface area (Å²) in [5.74, 6) is 0. The van der Waals surface area contributed by atoms with E-state index in [1.165, 1.54) is 7.11 Å². The fourth-order valence-electron chi connectivity index (χ4n) is 3.52. The highest BCUT2D eigenvalue weighted by molar-refractivity contribution is 5.01. The van der Waals surface area contributed by atoms with Crippen molar-refractivity contribution in [3.63, 3.8) is 0 Å². The van der Waals surface area contributed by atoms with E-state index >= 15 is 0 Å². The van der Waals surface area contributed by atoms with Crippen molar-refractivity contribution in [3.8, 4) is 0 Å². The van der Waals surface area contributed by atoms with Gasteiger partial charge in [-0.05, 0) is 6.42 Å². The molecule has 12 heteroatoms. The molecule has 0 aromatic rings. The van der Waals surface area contributed by atoms with Crippen LogP contribution in [0.25, 0.3) is 0 Å². The molecule has 0 bridgehead atoms. The van der Waals surface area contributed by atoms with E-state index in [0.717, 1.165) is 0 Å². The van der Waals surface area contributed by atoms with Crippen LogP contribution >= 0.6 is 0 Å². The first-order chi connectivity index (χ1) is 13.2. The number of rotatable bonds is 10. The van der Waals surface area contributed by atoms with Gasteiger partial charge in [0, 0.05) is 13.2 Å². The van der Waals surface area contributed by atoms with Gasteiger partial charge in [-0.25, -0.2) is 0 Å². The molecule has 166 valence electrons. The molecule has 2 heterocycles. The Kier molecular flexibility index (Phi) is 8.94. The quantitative estimate of drug-likeness (QED) is 0.165. The summed E-state index contributed by atoms with van der Waals surface area (Å²) in [6, 6.07) is -1.66. The second-order valence-corrected chi connectivity index (χ2v) is 7.21. The lowest BCUT2D eigenvalue weighted by Crippen LogP contribution is -2.45. The van der Waals surface area contributed by atoms with Crippen LogP contribution in [0, 0.1) is 0 Å². The smallest absolute Gasteiger partial charge is 0.186 e. The molecular formula is C16H31NO11. The number of ether oxygens (including phenoxy) is 3. The molecule has 0 aromatic heterocycles. The summed E-state index contributed by atoms with van der Waals surface area (Å²) < 4.78 is 15.3. The number of hydrogen-bond acceptors (Lipinski definition) is 12. The van der Waals surface area contributed by atoms with E-state index in [-0.39, 0.29) is 19.6 Å². The largest absolute Gasteiger partial charge is 0.394 e.